The summed E-state index contributed by atoms with van der Waals surface area (Å²) >= 11 is 0. The second kappa shape index (κ2) is 9.03. The van der Waals surface area contributed by atoms with Crippen molar-refractivity contribution in [3.8, 4) is 11.7 Å². The molecule has 1 saturated heterocycles. The summed E-state index contributed by atoms with van der Waals surface area (Å²) in [6.45, 7) is 1.42. The van der Waals surface area contributed by atoms with Crippen molar-refractivity contribution in [2.24, 2.45) is 0 Å². The first kappa shape index (κ1) is 18.7. The van der Waals surface area contributed by atoms with Crippen LogP contribution in [-0.2, 0) is 0 Å². The van der Waals surface area contributed by atoms with E-state index in [4.69, 9.17) is 4.74 Å². The average molecular weight is 384 g/mol. The maximum atomic E-state index is 12.5. The number of carbonyl (C=O) groups excluding carboxylic acids is 1. The Morgan fingerprint density at radius 3 is 2.46 bits per heavy atom. The summed E-state index contributed by atoms with van der Waals surface area (Å²) in [6, 6.07) is 5.91. The van der Waals surface area contributed by atoms with Gasteiger partial charge in [-0.3, -0.25) is 0 Å². The van der Waals surface area contributed by atoms with Crippen LogP contribution in [0.25, 0.3) is 5.82 Å². The Balaban J connectivity index is 1.23. The van der Waals surface area contributed by atoms with Crippen molar-refractivity contribution in [3.63, 3.8) is 0 Å². The highest BCUT2D eigenvalue weighted by molar-refractivity contribution is 5.74. The summed E-state index contributed by atoms with van der Waals surface area (Å²) < 4.78 is 7.62. The van der Waals surface area contributed by atoms with Crippen molar-refractivity contribution in [1.29, 1.82) is 0 Å². The van der Waals surface area contributed by atoms with Crippen LogP contribution in [0, 0.1) is 0 Å². The van der Waals surface area contributed by atoms with E-state index in [0.29, 0.717) is 30.8 Å². The molecule has 0 radical (unpaired) electrons. The summed E-state index contributed by atoms with van der Waals surface area (Å²) in [5, 5.41) is 15.7. The predicted octanol–water partition coefficient (Wildman–Crippen LogP) is 2.94. The summed E-state index contributed by atoms with van der Waals surface area (Å²) in [4.78, 5) is 14.5. The van der Waals surface area contributed by atoms with E-state index in [2.05, 4.69) is 20.6 Å². The molecule has 4 rings (SSSR count). The number of carbonyl (C=O) groups is 1. The van der Waals surface area contributed by atoms with Crippen molar-refractivity contribution in [1.82, 2.24) is 30.2 Å². The van der Waals surface area contributed by atoms with Gasteiger partial charge in [0.2, 0.25) is 5.88 Å². The zero-order chi connectivity index (χ0) is 19.2. The highest BCUT2D eigenvalue weighted by atomic mass is 16.5. The van der Waals surface area contributed by atoms with E-state index in [1.807, 2.05) is 29.3 Å². The molecule has 0 atom stereocenters. The first-order valence-corrected chi connectivity index (χ1v) is 10.3. The third-order valence-corrected chi connectivity index (χ3v) is 5.56. The van der Waals surface area contributed by atoms with Crippen LogP contribution in [0.5, 0.6) is 5.88 Å². The Bertz CT molecular complexity index is 733. The van der Waals surface area contributed by atoms with Gasteiger partial charge in [-0.25, -0.2) is 9.48 Å². The minimum atomic E-state index is 0.0618. The van der Waals surface area contributed by atoms with Crippen LogP contribution in [0.2, 0.25) is 0 Å². The molecule has 0 unspecified atom stereocenters. The third-order valence-electron chi connectivity index (χ3n) is 5.56. The first-order chi connectivity index (χ1) is 13.8. The van der Waals surface area contributed by atoms with E-state index in [1.54, 1.807) is 10.9 Å². The number of hydrogen-bond acceptors (Lipinski definition) is 5. The topological polar surface area (TPSA) is 85.2 Å². The second-order valence-electron chi connectivity index (χ2n) is 7.62. The SMILES string of the molecule is O=C(NC1CCCCCC1)N1CCC(Oc2ccc(-n3cccn3)nn2)CC1. The van der Waals surface area contributed by atoms with Gasteiger partial charge >= 0.3 is 6.03 Å². The highest BCUT2D eigenvalue weighted by Gasteiger charge is 2.26. The van der Waals surface area contributed by atoms with Gasteiger partial charge in [0.15, 0.2) is 5.82 Å². The molecule has 0 aromatic carbocycles. The van der Waals surface area contributed by atoms with Crippen LogP contribution >= 0.6 is 0 Å². The van der Waals surface area contributed by atoms with Crippen molar-refractivity contribution < 1.29 is 9.53 Å². The van der Waals surface area contributed by atoms with Crippen molar-refractivity contribution in [3.05, 3.63) is 30.6 Å². The van der Waals surface area contributed by atoms with Crippen LogP contribution < -0.4 is 10.1 Å². The number of urea groups is 1. The molecule has 0 spiro atoms. The Morgan fingerprint density at radius 2 is 1.82 bits per heavy atom. The lowest BCUT2D eigenvalue weighted by molar-refractivity contribution is 0.105. The summed E-state index contributed by atoms with van der Waals surface area (Å²) in [5.41, 5.74) is 0. The fourth-order valence-corrected chi connectivity index (χ4v) is 3.94. The molecule has 1 aliphatic carbocycles. The number of nitrogens with one attached hydrogen (secondary N) is 1. The molecule has 2 aromatic rings. The third kappa shape index (κ3) is 4.79. The minimum Gasteiger partial charge on any atom is -0.473 e. The Hall–Kier alpha value is -2.64. The number of ether oxygens (including phenoxy) is 1. The van der Waals surface area contributed by atoms with Gasteiger partial charge in [-0.15, -0.1) is 10.2 Å². The lowest BCUT2D eigenvalue weighted by Gasteiger charge is -2.33. The number of likely N-dealkylation sites (tertiary alicyclic amines) is 1. The standard InChI is InChI=1S/C20H28N6O2/c27-20(22-16-6-3-1-2-4-7-16)25-14-10-17(11-15-25)28-19-9-8-18(23-24-19)26-13-5-12-21-26/h5,8-9,12-13,16-17H,1-4,6-7,10-11,14-15H2,(H,22,27). The summed E-state index contributed by atoms with van der Waals surface area (Å²) in [6.07, 6.45) is 12.4. The fourth-order valence-electron chi connectivity index (χ4n) is 3.94. The molecule has 2 fully saturated rings. The van der Waals surface area contributed by atoms with Crippen molar-refractivity contribution in [2.45, 2.75) is 63.5 Å². The molecule has 1 N–H and O–H groups in total. The van der Waals surface area contributed by atoms with Gasteiger partial charge in [-0.1, -0.05) is 25.7 Å². The first-order valence-electron chi connectivity index (χ1n) is 10.3. The number of piperidine rings is 1. The molecular formula is C20H28N6O2. The predicted molar refractivity (Wildman–Crippen MR) is 104 cm³/mol. The number of amides is 2. The monoisotopic (exact) mass is 384 g/mol. The van der Waals surface area contributed by atoms with E-state index < -0.39 is 0 Å². The van der Waals surface area contributed by atoms with Gasteiger partial charge in [0, 0.05) is 50.4 Å². The van der Waals surface area contributed by atoms with Gasteiger partial charge < -0.3 is 15.0 Å². The zero-order valence-corrected chi connectivity index (χ0v) is 16.2. The minimum absolute atomic E-state index is 0.0618. The van der Waals surface area contributed by atoms with Gasteiger partial charge in [-0.05, 0) is 25.0 Å². The maximum Gasteiger partial charge on any atom is 0.317 e. The van der Waals surface area contributed by atoms with Crippen molar-refractivity contribution in [2.75, 3.05) is 13.1 Å². The largest absolute Gasteiger partial charge is 0.473 e. The smallest absolute Gasteiger partial charge is 0.317 e. The molecule has 2 aliphatic rings. The maximum absolute atomic E-state index is 12.5. The van der Waals surface area contributed by atoms with E-state index in [9.17, 15) is 4.79 Å². The van der Waals surface area contributed by atoms with Gasteiger partial charge in [-0.2, -0.15) is 5.10 Å². The van der Waals surface area contributed by atoms with Crippen LogP contribution in [0.4, 0.5) is 4.79 Å². The van der Waals surface area contributed by atoms with Gasteiger partial charge in [0.05, 0.1) is 0 Å². The van der Waals surface area contributed by atoms with E-state index in [1.165, 1.54) is 25.7 Å². The molecule has 1 saturated carbocycles. The van der Waals surface area contributed by atoms with Crippen molar-refractivity contribution >= 4 is 6.03 Å². The number of nitrogens with zero attached hydrogens (tertiary/aromatic N) is 5. The zero-order valence-electron chi connectivity index (χ0n) is 16.2. The van der Waals surface area contributed by atoms with Crippen LogP contribution in [0.15, 0.2) is 30.6 Å². The number of aromatic nitrogens is 4. The fraction of sp³-hybridized carbons (Fsp3) is 0.600. The van der Waals surface area contributed by atoms with E-state index in [0.717, 1.165) is 25.7 Å². The molecule has 28 heavy (non-hydrogen) atoms. The average Bonchev–Trinajstić information content (AvgIpc) is 3.14. The van der Waals surface area contributed by atoms with E-state index in [-0.39, 0.29) is 12.1 Å². The molecule has 8 heteroatoms. The van der Waals surface area contributed by atoms with E-state index >= 15 is 0 Å². The number of rotatable bonds is 4. The Morgan fingerprint density at radius 1 is 1.04 bits per heavy atom. The lowest BCUT2D eigenvalue weighted by Crippen LogP contribution is -2.49. The second-order valence-corrected chi connectivity index (χ2v) is 7.62. The van der Waals surface area contributed by atoms with Crippen LogP contribution in [-0.4, -0.2) is 56.1 Å². The van der Waals surface area contributed by atoms with Crippen LogP contribution in [0.1, 0.15) is 51.4 Å². The number of hydrogen-bond donors (Lipinski definition) is 1. The van der Waals surface area contributed by atoms with Gasteiger partial charge in [0.1, 0.15) is 6.10 Å². The van der Waals surface area contributed by atoms with Crippen LogP contribution in [0.3, 0.4) is 0 Å². The lowest BCUT2D eigenvalue weighted by atomic mass is 10.1. The molecule has 150 valence electrons. The highest BCUT2D eigenvalue weighted by Crippen LogP contribution is 2.20. The molecule has 2 amide bonds. The quantitative estimate of drug-likeness (QED) is 0.819. The Kier molecular flexibility index (Phi) is 6.04. The molecule has 2 aromatic heterocycles. The molecule has 8 nitrogen and oxygen atoms in total. The molecule has 3 heterocycles. The molecular weight excluding hydrogens is 356 g/mol. The van der Waals surface area contributed by atoms with Gasteiger partial charge in [0.25, 0.3) is 0 Å². The molecule has 0 bridgehead atoms. The molecule has 1 aliphatic heterocycles. The summed E-state index contributed by atoms with van der Waals surface area (Å²) in [7, 11) is 0. The summed E-state index contributed by atoms with van der Waals surface area (Å²) in [5.74, 6) is 1.17. The Labute approximate surface area is 165 Å². The normalized spacial score (nSPS) is 19.2.